The minimum absolute atomic E-state index is 0.155. The van der Waals surface area contributed by atoms with Gasteiger partial charge >= 0.3 is 0 Å². The van der Waals surface area contributed by atoms with E-state index in [1.165, 1.54) is 0 Å². The zero-order chi connectivity index (χ0) is 20.1. The number of rotatable bonds is 7. The Balaban J connectivity index is 1.80. The van der Waals surface area contributed by atoms with Gasteiger partial charge in [0.05, 0.1) is 30.6 Å². The van der Waals surface area contributed by atoms with E-state index in [0.29, 0.717) is 12.2 Å². The maximum atomic E-state index is 13.0. The first-order valence-corrected chi connectivity index (χ1v) is 9.08. The molecular weight excluding hydrogens is 356 g/mol. The summed E-state index contributed by atoms with van der Waals surface area (Å²) in [5.41, 5.74) is 2.99. The molecule has 1 atom stereocenters. The fourth-order valence-electron chi connectivity index (χ4n) is 3.10. The number of nitrogens with zero attached hydrogens (tertiary/aromatic N) is 2. The van der Waals surface area contributed by atoms with Crippen LogP contribution in [0.1, 0.15) is 45.8 Å². The van der Waals surface area contributed by atoms with Gasteiger partial charge in [0.25, 0.3) is 11.5 Å². The highest BCUT2D eigenvalue weighted by molar-refractivity contribution is 5.95. The van der Waals surface area contributed by atoms with E-state index in [-0.39, 0.29) is 23.7 Å². The van der Waals surface area contributed by atoms with Crippen LogP contribution in [-0.2, 0) is 17.9 Å². The molecule has 0 radical (unpaired) electrons. The van der Waals surface area contributed by atoms with Gasteiger partial charge in [-0.05, 0) is 37.1 Å². The Morgan fingerprint density at radius 2 is 2.04 bits per heavy atom. The largest absolute Gasteiger partial charge is 0.378 e. The molecule has 28 heavy (non-hydrogen) atoms. The number of pyridine rings is 1. The second kappa shape index (κ2) is 8.67. The second-order valence-electron chi connectivity index (χ2n) is 6.67. The van der Waals surface area contributed by atoms with Gasteiger partial charge in [0, 0.05) is 13.3 Å². The average molecular weight is 380 g/mol. The fourth-order valence-corrected chi connectivity index (χ4v) is 3.10. The molecule has 0 spiro atoms. The van der Waals surface area contributed by atoms with E-state index in [0.717, 1.165) is 17.0 Å². The molecule has 1 amide bonds. The molecule has 2 aromatic heterocycles. The van der Waals surface area contributed by atoms with Crippen molar-refractivity contribution < 1.29 is 9.53 Å². The molecule has 0 aliphatic heterocycles. The predicted octanol–water partition coefficient (Wildman–Crippen LogP) is 2.57. The molecule has 2 N–H and O–H groups in total. The quantitative estimate of drug-likeness (QED) is 0.659. The first-order valence-electron chi connectivity index (χ1n) is 9.08. The first-order chi connectivity index (χ1) is 13.5. The lowest BCUT2D eigenvalue weighted by molar-refractivity contribution is 0.0947. The summed E-state index contributed by atoms with van der Waals surface area (Å²) in [6, 6.07) is 13.2. The molecular formula is C21H24N4O3. The number of amides is 1. The van der Waals surface area contributed by atoms with E-state index in [2.05, 4.69) is 15.5 Å². The third kappa shape index (κ3) is 4.20. The van der Waals surface area contributed by atoms with Gasteiger partial charge in [0.15, 0.2) is 0 Å². The molecule has 0 fully saturated rings. The van der Waals surface area contributed by atoms with Gasteiger partial charge in [-0.3, -0.25) is 14.7 Å². The van der Waals surface area contributed by atoms with Gasteiger partial charge in [-0.1, -0.05) is 30.3 Å². The summed E-state index contributed by atoms with van der Waals surface area (Å²) in [6.07, 6.45) is 1.73. The minimum atomic E-state index is -0.403. The van der Waals surface area contributed by atoms with Crippen LogP contribution in [0.3, 0.4) is 0 Å². The molecule has 1 unspecified atom stereocenters. The number of carbonyl (C=O) groups excluding carboxylic acids is 1. The van der Waals surface area contributed by atoms with Gasteiger partial charge in [0.1, 0.15) is 5.56 Å². The normalized spacial score (nSPS) is 12.0. The van der Waals surface area contributed by atoms with Crippen molar-refractivity contribution in [1.82, 2.24) is 20.1 Å². The maximum Gasteiger partial charge on any atom is 0.264 e. The molecule has 0 aliphatic rings. The third-order valence-electron chi connectivity index (χ3n) is 4.67. The van der Waals surface area contributed by atoms with Gasteiger partial charge in [-0.15, -0.1) is 0 Å². The molecule has 146 valence electrons. The Kier molecular flexibility index (Phi) is 6.06. The summed E-state index contributed by atoms with van der Waals surface area (Å²) in [6.45, 7) is 4.35. The smallest absolute Gasteiger partial charge is 0.264 e. The number of benzene rings is 1. The summed E-state index contributed by atoms with van der Waals surface area (Å²) in [7, 11) is 1.59. The monoisotopic (exact) mass is 380 g/mol. The van der Waals surface area contributed by atoms with Crippen LogP contribution in [0.15, 0.2) is 53.5 Å². The zero-order valence-electron chi connectivity index (χ0n) is 16.2. The lowest BCUT2D eigenvalue weighted by atomic mass is 10.1. The van der Waals surface area contributed by atoms with Gasteiger partial charge in [-0.25, -0.2) is 0 Å². The summed E-state index contributed by atoms with van der Waals surface area (Å²) in [5.74, 6) is -0.403. The van der Waals surface area contributed by atoms with Crippen LogP contribution in [0, 0.1) is 6.92 Å². The van der Waals surface area contributed by atoms with Crippen LogP contribution < -0.4 is 10.9 Å². The Morgan fingerprint density at radius 3 is 2.75 bits per heavy atom. The van der Waals surface area contributed by atoms with Crippen molar-refractivity contribution in [3.05, 3.63) is 87.1 Å². The molecule has 2 heterocycles. The number of H-pyrrole nitrogens is 1. The second-order valence-corrected chi connectivity index (χ2v) is 6.67. The topological polar surface area (TPSA) is 89.0 Å². The van der Waals surface area contributed by atoms with Crippen LogP contribution in [0.5, 0.6) is 0 Å². The molecule has 0 aliphatic carbocycles. The number of nitrogens with one attached hydrogen (secondary N) is 2. The molecule has 3 rings (SSSR count). The number of carbonyl (C=O) groups is 1. The fraction of sp³-hybridized carbons (Fsp3) is 0.286. The van der Waals surface area contributed by atoms with E-state index in [1.807, 2.05) is 43.3 Å². The number of aromatic nitrogens is 3. The van der Waals surface area contributed by atoms with Crippen molar-refractivity contribution in [1.29, 1.82) is 0 Å². The molecule has 3 aromatic rings. The number of ether oxygens (including phenoxy) is 1. The van der Waals surface area contributed by atoms with E-state index in [9.17, 15) is 9.59 Å². The van der Waals surface area contributed by atoms with E-state index in [4.69, 9.17) is 4.74 Å². The van der Waals surface area contributed by atoms with Gasteiger partial charge < -0.3 is 14.6 Å². The van der Waals surface area contributed by atoms with Crippen molar-refractivity contribution >= 4 is 5.91 Å². The third-order valence-corrected chi connectivity index (χ3v) is 4.67. The van der Waals surface area contributed by atoms with E-state index in [1.54, 1.807) is 30.9 Å². The van der Waals surface area contributed by atoms with Gasteiger partial charge in [-0.2, -0.15) is 5.10 Å². The molecule has 0 bridgehead atoms. The van der Waals surface area contributed by atoms with Crippen molar-refractivity contribution in [2.24, 2.45) is 0 Å². The lowest BCUT2D eigenvalue weighted by Gasteiger charge is -2.17. The summed E-state index contributed by atoms with van der Waals surface area (Å²) in [5, 5.41) is 9.74. The standard InChI is InChI=1S/C21H24N4O3/c1-14-9-10-25(15(2)16-7-5-4-6-8-16)21(27)19(14)20(26)22-12-17-11-18(13-28-3)24-23-17/h4-11,15H,12-13H2,1-3H3,(H,22,26)(H,23,24). The Bertz CT molecular complexity index is 1010. The van der Waals surface area contributed by atoms with Crippen molar-refractivity contribution in [3.8, 4) is 0 Å². The van der Waals surface area contributed by atoms with Crippen molar-refractivity contribution in [2.45, 2.75) is 33.0 Å². The number of aromatic amines is 1. The van der Waals surface area contributed by atoms with Crippen molar-refractivity contribution in [3.63, 3.8) is 0 Å². The summed E-state index contributed by atoms with van der Waals surface area (Å²) in [4.78, 5) is 25.7. The SMILES string of the molecule is COCc1cc(CNC(=O)c2c(C)ccn(C(C)c3ccccc3)c2=O)[nH]n1. The lowest BCUT2D eigenvalue weighted by Crippen LogP contribution is -2.35. The van der Waals surface area contributed by atoms with Crippen LogP contribution in [0.2, 0.25) is 0 Å². The minimum Gasteiger partial charge on any atom is -0.378 e. The Labute approximate surface area is 163 Å². The van der Waals surface area contributed by atoms with E-state index < -0.39 is 5.91 Å². The highest BCUT2D eigenvalue weighted by Gasteiger charge is 2.18. The highest BCUT2D eigenvalue weighted by atomic mass is 16.5. The highest BCUT2D eigenvalue weighted by Crippen LogP contribution is 2.16. The molecule has 7 nitrogen and oxygen atoms in total. The Morgan fingerprint density at radius 1 is 1.29 bits per heavy atom. The number of hydrogen-bond donors (Lipinski definition) is 2. The van der Waals surface area contributed by atoms with E-state index >= 15 is 0 Å². The van der Waals surface area contributed by atoms with Crippen LogP contribution in [0.4, 0.5) is 0 Å². The summed E-state index contributed by atoms with van der Waals surface area (Å²) < 4.78 is 6.61. The number of hydrogen-bond acceptors (Lipinski definition) is 4. The van der Waals surface area contributed by atoms with Crippen molar-refractivity contribution in [2.75, 3.05) is 7.11 Å². The maximum absolute atomic E-state index is 13.0. The summed E-state index contributed by atoms with van der Waals surface area (Å²) >= 11 is 0. The number of aryl methyl sites for hydroxylation is 1. The first kappa shape index (κ1) is 19.6. The predicted molar refractivity (Wildman–Crippen MR) is 106 cm³/mol. The Hall–Kier alpha value is -3.19. The molecule has 7 heteroatoms. The van der Waals surface area contributed by atoms with Crippen LogP contribution in [0.25, 0.3) is 0 Å². The van der Waals surface area contributed by atoms with Crippen LogP contribution >= 0.6 is 0 Å². The molecule has 0 saturated carbocycles. The number of methoxy groups -OCH3 is 1. The zero-order valence-corrected chi connectivity index (χ0v) is 16.2. The molecule has 0 saturated heterocycles. The van der Waals surface area contributed by atoms with Gasteiger partial charge in [0.2, 0.25) is 0 Å². The van der Waals surface area contributed by atoms with Crippen LogP contribution in [-0.4, -0.2) is 27.8 Å². The molecule has 1 aromatic carbocycles. The average Bonchev–Trinajstić information content (AvgIpc) is 3.14.